The van der Waals surface area contributed by atoms with E-state index in [0.29, 0.717) is 48.5 Å². The first kappa shape index (κ1) is 19.3. The zero-order valence-electron chi connectivity index (χ0n) is 16.1. The Morgan fingerprint density at radius 2 is 1.81 bits per heavy atom. The molecule has 0 radical (unpaired) electrons. The lowest BCUT2D eigenvalue weighted by atomic mass is 9.96. The summed E-state index contributed by atoms with van der Waals surface area (Å²) < 4.78 is 10.5. The number of amides is 2. The number of hydrogen-bond donors (Lipinski definition) is 1. The first-order chi connectivity index (χ1) is 13.1. The van der Waals surface area contributed by atoms with Crippen LogP contribution in [0.2, 0.25) is 0 Å². The third-order valence-electron chi connectivity index (χ3n) is 5.24. The number of nitrogens with zero attached hydrogens (tertiary/aromatic N) is 1. The summed E-state index contributed by atoms with van der Waals surface area (Å²) in [5.74, 6) is 2.19. The Bertz CT molecular complexity index is 704. The molecule has 1 saturated heterocycles. The molecule has 0 atom stereocenters. The van der Waals surface area contributed by atoms with E-state index in [1.165, 1.54) is 12.8 Å². The molecule has 6 heteroatoms. The molecule has 3 rings (SSSR count). The van der Waals surface area contributed by atoms with Crippen LogP contribution in [0.3, 0.4) is 0 Å². The van der Waals surface area contributed by atoms with Gasteiger partial charge in [-0.1, -0.05) is 6.08 Å². The minimum Gasteiger partial charge on any atom is -0.493 e. The maximum absolute atomic E-state index is 12.7. The van der Waals surface area contributed by atoms with Crippen LogP contribution in [0.15, 0.2) is 30.4 Å². The molecular weight excluding hydrogens is 344 g/mol. The first-order valence-corrected chi connectivity index (χ1v) is 9.58. The van der Waals surface area contributed by atoms with Gasteiger partial charge in [0.05, 0.1) is 14.2 Å². The summed E-state index contributed by atoms with van der Waals surface area (Å²) in [5.41, 5.74) is 0.601. The van der Waals surface area contributed by atoms with Crippen molar-refractivity contribution in [1.29, 1.82) is 0 Å². The number of piperidine rings is 1. The van der Waals surface area contributed by atoms with Crippen molar-refractivity contribution in [3.63, 3.8) is 0 Å². The maximum atomic E-state index is 12.7. The van der Waals surface area contributed by atoms with Crippen molar-refractivity contribution in [2.45, 2.75) is 25.7 Å². The molecule has 1 N–H and O–H groups in total. The molecule has 1 aliphatic heterocycles. The number of carbonyl (C=O) groups is 2. The fraction of sp³-hybridized carbons (Fsp3) is 0.524. The van der Waals surface area contributed by atoms with E-state index in [2.05, 4.69) is 5.32 Å². The van der Waals surface area contributed by atoms with Gasteiger partial charge in [0.1, 0.15) is 0 Å². The normalized spacial score (nSPS) is 17.8. The molecule has 1 aromatic rings. The molecule has 27 heavy (non-hydrogen) atoms. The number of benzene rings is 1. The van der Waals surface area contributed by atoms with E-state index in [4.69, 9.17) is 9.47 Å². The minimum absolute atomic E-state index is 0.00538. The topological polar surface area (TPSA) is 67.9 Å². The van der Waals surface area contributed by atoms with E-state index in [1.54, 1.807) is 38.5 Å². The van der Waals surface area contributed by atoms with E-state index < -0.39 is 0 Å². The highest BCUT2D eigenvalue weighted by Crippen LogP contribution is 2.30. The zero-order valence-corrected chi connectivity index (χ0v) is 16.1. The molecule has 1 aliphatic carbocycles. The lowest BCUT2D eigenvalue weighted by Crippen LogP contribution is -2.41. The van der Waals surface area contributed by atoms with Crippen molar-refractivity contribution in [3.8, 4) is 11.5 Å². The van der Waals surface area contributed by atoms with E-state index in [-0.39, 0.29) is 11.8 Å². The average Bonchev–Trinajstić information content (AvgIpc) is 3.54. The second-order valence-electron chi connectivity index (χ2n) is 7.25. The fourth-order valence-corrected chi connectivity index (χ4v) is 3.31. The van der Waals surface area contributed by atoms with Gasteiger partial charge in [0.25, 0.3) is 5.91 Å². The quantitative estimate of drug-likeness (QED) is 0.747. The number of likely N-dealkylation sites (tertiary alicyclic amines) is 1. The molecule has 1 saturated carbocycles. The second-order valence-corrected chi connectivity index (χ2v) is 7.25. The van der Waals surface area contributed by atoms with Gasteiger partial charge in [-0.05, 0) is 61.8 Å². The van der Waals surface area contributed by atoms with Crippen LogP contribution in [0.4, 0.5) is 0 Å². The molecule has 0 aromatic heterocycles. The molecule has 6 nitrogen and oxygen atoms in total. The summed E-state index contributed by atoms with van der Waals surface area (Å²) in [4.78, 5) is 26.4. The Hall–Kier alpha value is -2.50. The van der Waals surface area contributed by atoms with E-state index in [9.17, 15) is 9.59 Å². The summed E-state index contributed by atoms with van der Waals surface area (Å²) in [6, 6.07) is 5.24. The van der Waals surface area contributed by atoms with Crippen LogP contribution in [0.5, 0.6) is 11.5 Å². The molecule has 2 aliphatic rings. The lowest BCUT2D eigenvalue weighted by molar-refractivity contribution is -0.116. The highest BCUT2D eigenvalue weighted by Gasteiger charge is 2.24. The maximum Gasteiger partial charge on any atom is 0.253 e. The van der Waals surface area contributed by atoms with Crippen LogP contribution >= 0.6 is 0 Å². The Balaban J connectivity index is 1.46. The molecule has 146 valence electrons. The monoisotopic (exact) mass is 372 g/mol. The number of ether oxygens (including phenoxy) is 2. The highest BCUT2D eigenvalue weighted by atomic mass is 16.5. The molecule has 2 fully saturated rings. The Labute approximate surface area is 160 Å². The minimum atomic E-state index is -0.00858. The molecule has 2 amide bonds. The summed E-state index contributed by atoms with van der Waals surface area (Å²) in [6.45, 7) is 2.07. The molecular formula is C21H28N2O4. The molecule has 0 unspecified atom stereocenters. The van der Waals surface area contributed by atoms with E-state index >= 15 is 0 Å². The molecule has 1 heterocycles. The summed E-state index contributed by atoms with van der Waals surface area (Å²) in [6.07, 6.45) is 7.86. The van der Waals surface area contributed by atoms with Gasteiger partial charge in [0, 0.05) is 25.2 Å². The average molecular weight is 372 g/mol. The van der Waals surface area contributed by atoms with E-state index in [0.717, 1.165) is 12.8 Å². The van der Waals surface area contributed by atoms with Gasteiger partial charge in [0.2, 0.25) is 5.91 Å². The number of methoxy groups -OCH3 is 2. The Kier molecular flexibility index (Phi) is 6.37. The number of hydrogen-bond acceptors (Lipinski definition) is 4. The van der Waals surface area contributed by atoms with Crippen molar-refractivity contribution < 1.29 is 19.1 Å². The Morgan fingerprint density at radius 1 is 1.11 bits per heavy atom. The number of allylic oxidation sites excluding steroid dienone is 1. The zero-order chi connectivity index (χ0) is 19.2. The van der Waals surface area contributed by atoms with Crippen LogP contribution < -0.4 is 14.8 Å². The second kappa shape index (κ2) is 8.93. The van der Waals surface area contributed by atoms with Crippen molar-refractivity contribution in [2.75, 3.05) is 33.9 Å². The van der Waals surface area contributed by atoms with Crippen LogP contribution in [-0.4, -0.2) is 50.6 Å². The van der Waals surface area contributed by atoms with Crippen molar-refractivity contribution in [3.05, 3.63) is 35.9 Å². The van der Waals surface area contributed by atoms with Gasteiger partial charge in [-0.15, -0.1) is 0 Å². The van der Waals surface area contributed by atoms with Crippen molar-refractivity contribution >= 4 is 11.8 Å². The van der Waals surface area contributed by atoms with E-state index in [1.807, 2.05) is 11.0 Å². The van der Waals surface area contributed by atoms with Crippen molar-refractivity contribution in [1.82, 2.24) is 10.2 Å². The predicted octanol–water partition coefficient (Wildman–Crippen LogP) is 2.64. The molecule has 1 aromatic carbocycles. The summed E-state index contributed by atoms with van der Waals surface area (Å²) in [5, 5.41) is 2.98. The van der Waals surface area contributed by atoms with Crippen LogP contribution in [-0.2, 0) is 4.79 Å². The van der Waals surface area contributed by atoms with Crippen LogP contribution in [0, 0.1) is 11.8 Å². The van der Waals surface area contributed by atoms with Crippen molar-refractivity contribution in [2.24, 2.45) is 11.8 Å². The molecule has 0 bridgehead atoms. The Morgan fingerprint density at radius 3 is 2.44 bits per heavy atom. The summed E-state index contributed by atoms with van der Waals surface area (Å²) in [7, 11) is 3.14. The number of rotatable bonds is 7. The summed E-state index contributed by atoms with van der Waals surface area (Å²) >= 11 is 0. The lowest BCUT2D eigenvalue weighted by Gasteiger charge is -2.32. The fourth-order valence-electron chi connectivity index (χ4n) is 3.31. The largest absolute Gasteiger partial charge is 0.493 e. The van der Waals surface area contributed by atoms with Gasteiger partial charge < -0.3 is 19.7 Å². The smallest absolute Gasteiger partial charge is 0.253 e. The molecule has 0 spiro atoms. The number of nitrogens with one attached hydrogen (secondary N) is 1. The van der Waals surface area contributed by atoms with Crippen LogP contribution in [0.25, 0.3) is 0 Å². The third-order valence-corrected chi connectivity index (χ3v) is 5.24. The van der Waals surface area contributed by atoms with Crippen LogP contribution in [0.1, 0.15) is 36.0 Å². The standard InChI is InChI=1S/C21H28N2O4/c1-26-18-7-6-17(13-19(18)27-2)21(25)23-11-9-16(10-12-23)14-22-20(24)8-5-15-3-4-15/h5-8,13,15-16H,3-4,9-12,14H2,1-2H3,(H,22,24)/b8-5+. The van der Waals surface area contributed by atoms with Gasteiger partial charge in [-0.3, -0.25) is 9.59 Å². The van der Waals surface area contributed by atoms with Gasteiger partial charge in [-0.25, -0.2) is 0 Å². The van der Waals surface area contributed by atoms with Gasteiger partial charge in [-0.2, -0.15) is 0 Å². The predicted molar refractivity (Wildman–Crippen MR) is 103 cm³/mol. The van der Waals surface area contributed by atoms with Gasteiger partial charge >= 0.3 is 0 Å². The SMILES string of the molecule is COc1ccc(C(=O)N2CCC(CNC(=O)/C=C/C3CC3)CC2)cc1OC. The highest BCUT2D eigenvalue weighted by molar-refractivity contribution is 5.95. The number of carbonyl (C=O) groups excluding carboxylic acids is 2. The van der Waals surface area contributed by atoms with Gasteiger partial charge in [0.15, 0.2) is 11.5 Å². The third kappa shape index (κ3) is 5.25. The first-order valence-electron chi connectivity index (χ1n) is 9.58.